The lowest BCUT2D eigenvalue weighted by atomic mass is 9.96. The molecule has 2 atom stereocenters. The minimum Gasteiger partial charge on any atom is -0.496 e. The van der Waals surface area contributed by atoms with Crippen LogP contribution in [0, 0.1) is 5.92 Å². The van der Waals surface area contributed by atoms with Gasteiger partial charge < -0.3 is 9.84 Å². The molecule has 16 heavy (non-hydrogen) atoms. The number of halogens is 1. The van der Waals surface area contributed by atoms with Gasteiger partial charge in [-0.1, -0.05) is 42.3 Å². The summed E-state index contributed by atoms with van der Waals surface area (Å²) < 4.78 is 6.23. The van der Waals surface area contributed by atoms with Crippen molar-refractivity contribution in [3.63, 3.8) is 0 Å². The van der Waals surface area contributed by atoms with Crippen molar-refractivity contribution in [2.75, 3.05) is 7.11 Å². The third-order valence-corrected chi connectivity index (χ3v) is 3.37. The molecule has 3 heteroatoms. The van der Waals surface area contributed by atoms with Gasteiger partial charge in [-0.25, -0.2) is 0 Å². The van der Waals surface area contributed by atoms with Crippen molar-refractivity contribution in [2.24, 2.45) is 5.92 Å². The van der Waals surface area contributed by atoms with Gasteiger partial charge in [-0.15, -0.1) is 0 Å². The molecule has 0 aliphatic carbocycles. The fourth-order valence-corrected chi connectivity index (χ4v) is 1.98. The van der Waals surface area contributed by atoms with Gasteiger partial charge in [0.15, 0.2) is 0 Å². The number of methoxy groups -OCH3 is 1. The molecule has 0 fully saturated rings. The largest absolute Gasteiger partial charge is 0.496 e. The van der Waals surface area contributed by atoms with Gasteiger partial charge in [-0.3, -0.25) is 0 Å². The molecular weight excluding hydrogens is 268 g/mol. The maximum absolute atomic E-state index is 10.1. The minimum absolute atomic E-state index is 0.446. The van der Waals surface area contributed by atoms with Crippen LogP contribution >= 0.6 is 15.9 Å². The third-order valence-electron chi connectivity index (χ3n) is 2.88. The van der Waals surface area contributed by atoms with Crippen LogP contribution in [0.4, 0.5) is 0 Å². The van der Waals surface area contributed by atoms with Crippen molar-refractivity contribution in [1.82, 2.24) is 0 Å². The summed E-state index contributed by atoms with van der Waals surface area (Å²) in [6, 6.07) is 5.73. The van der Waals surface area contributed by atoms with E-state index < -0.39 is 6.10 Å². The van der Waals surface area contributed by atoms with E-state index in [9.17, 15) is 5.11 Å². The van der Waals surface area contributed by atoms with Gasteiger partial charge in [0.25, 0.3) is 0 Å². The molecule has 0 aliphatic rings. The number of rotatable bonds is 5. The zero-order chi connectivity index (χ0) is 12.1. The Balaban J connectivity index is 2.85. The molecule has 1 N–H and O–H groups in total. The van der Waals surface area contributed by atoms with Crippen molar-refractivity contribution in [2.45, 2.75) is 32.8 Å². The van der Waals surface area contributed by atoms with Gasteiger partial charge in [0.1, 0.15) is 5.75 Å². The number of benzene rings is 1. The zero-order valence-electron chi connectivity index (χ0n) is 10.0. The van der Waals surface area contributed by atoms with Crippen LogP contribution < -0.4 is 4.74 Å². The van der Waals surface area contributed by atoms with E-state index in [0.717, 1.165) is 28.6 Å². The number of aliphatic hydroxyl groups excluding tert-OH is 1. The topological polar surface area (TPSA) is 29.5 Å². The first kappa shape index (κ1) is 13.5. The lowest BCUT2D eigenvalue weighted by Crippen LogP contribution is -2.05. The molecule has 0 saturated heterocycles. The van der Waals surface area contributed by atoms with Crippen LogP contribution in [0.25, 0.3) is 0 Å². The van der Waals surface area contributed by atoms with Crippen molar-refractivity contribution in [3.05, 3.63) is 28.2 Å². The Morgan fingerprint density at radius 1 is 1.44 bits per heavy atom. The first-order valence-electron chi connectivity index (χ1n) is 5.60. The second-order valence-electron chi connectivity index (χ2n) is 4.15. The summed E-state index contributed by atoms with van der Waals surface area (Å²) in [7, 11) is 1.63. The predicted molar refractivity (Wildman–Crippen MR) is 69.7 cm³/mol. The van der Waals surface area contributed by atoms with Gasteiger partial charge in [0.05, 0.1) is 13.2 Å². The molecule has 1 aromatic rings. The molecule has 2 nitrogen and oxygen atoms in total. The minimum atomic E-state index is -0.446. The quantitative estimate of drug-likeness (QED) is 0.889. The maximum Gasteiger partial charge on any atom is 0.125 e. The normalized spacial score (nSPS) is 14.6. The molecule has 0 spiro atoms. The lowest BCUT2D eigenvalue weighted by molar-refractivity contribution is 0.143. The molecule has 0 heterocycles. The van der Waals surface area contributed by atoms with Gasteiger partial charge in [0.2, 0.25) is 0 Å². The Hall–Kier alpha value is -0.540. The molecular formula is C13H19BrO2. The number of aliphatic hydroxyl groups is 1. The second-order valence-corrected chi connectivity index (χ2v) is 5.07. The molecule has 1 aromatic carbocycles. The van der Waals surface area contributed by atoms with Gasteiger partial charge in [-0.2, -0.15) is 0 Å². The third kappa shape index (κ3) is 3.49. The first-order chi connectivity index (χ1) is 7.58. The molecule has 90 valence electrons. The van der Waals surface area contributed by atoms with E-state index in [2.05, 4.69) is 29.8 Å². The molecule has 0 aromatic heterocycles. The summed E-state index contributed by atoms with van der Waals surface area (Å²) in [6.07, 6.45) is 1.41. The van der Waals surface area contributed by atoms with E-state index in [-0.39, 0.29) is 0 Å². The van der Waals surface area contributed by atoms with E-state index in [1.165, 1.54) is 0 Å². The zero-order valence-corrected chi connectivity index (χ0v) is 11.6. The highest BCUT2D eigenvalue weighted by molar-refractivity contribution is 9.10. The van der Waals surface area contributed by atoms with Crippen LogP contribution in [0.1, 0.15) is 38.4 Å². The standard InChI is InChI=1S/C13H19BrO2/c1-4-9(2)7-12(15)11-6-5-10(14)8-13(11)16-3/h5-6,8-9,12,15H,4,7H2,1-3H3. The fraction of sp³-hybridized carbons (Fsp3) is 0.538. The number of ether oxygens (including phenoxy) is 1. The van der Waals surface area contributed by atoms with E-state index >= 15 is 0 Å². The van der Waals surface area contributed by atoms with Gasteiger partial charge >= 0.3 is 0 Å². The summed E-state index contributed by atoms with van der Waals surface area (Å²) in [5, 5.41) is 10.1. The molecule has 0 aliphatic heterocycles. The van der Waals surface area contributed by atoms with E-state index in [1.807, 2.05) is 18.2 Å². The average molecular weight is 287 g/mol. The van der Waals surface area contributed by atoms with Gasteiger partial charge in [-0.05, 0) is 24.5 Å². The van der Waals surface area contributed by atoms with E-state index in [4.69, 9.17) is 4.74 Å². The highest BCUT2D eigenvalue weighted by Crippen LogP contribution is 2.32. The first-order valence-corrected chi connectivity index (χ1v) is 6.39. The van der Waals surface area contributed by atoms with E-state index in [1.54, 1.807) is 7.11 Å². The Bertz CT molecular complexity index is 339. The van der Waals surface area contributed by atoms with Crippen LogP contribution in [-0.2, 0) is 0 Å². The van der Waals surface area contributed by atoms with Crippen LogP contribution in [0.2, 0.25) is 0 Å². The predicted octanol–water partition coefficient (Wildman–Crippen LogP) is 3.93. The molecule has 2 unspecified atom stereocenters. The van der Waals surface area contributed by atoms with Crippen molar-refractivity contribution in [3.8, 4) is 5.75 Å². The summed E-state index contributed by atoms with van der Waals surface area (Å²) in [6.45, 7) is 4.28. The average Bonchev–Trinajstić information content (AvgIpc) is 2.28. The summed E-state index contributed by atoms with van der Waals surface area (Å²) in [5.41, 5.74) is 0.867. The summed E-state index contributed by atoms with van der Waals surface area (Å²) in [4.78, 5) is 0. The van der Waals surface area contributed by atoms with Crippen LogP contribution in [0.3, 0.4) is 0 Å². The summed E-state index contributed by atoms with van der Waals surface area (Å²) in [5.74, 6) is 1.26. The van der Waals surface area contributed by atoms with Crippen molar-refractivity contribution < 1.29 is 9.84 Å². The van der Waals surface area contributed by atoms with Crippen molar-refractivity contribution in [1.29, 1.82) is 0 Å². The van der Waals surface area contributed by atoms with Crippen LogP contribution in [-0.4, -0.2) is 12.2 Å². The molecule has 0 saturated carbocycles. The maximum atomic E-state index is 10.1. The number of hydrogen-bond acceptors (Lipinski definition) is 2. The lowest BCUT2D eigenvalue weighted by Gasteiger charge is -2.18. The Kier molecular flexibility index (Phi) is 5.29. The molecule has 0 radical (unpaired) electrons. The molecule has 0 bridgehead atoms. The Morgan fingerprint density at radius 3 is 2.69 bits per heavy atom. The van der Waals surface area contributed by atoms with Gasteiger partial charge in [0, 0.05) is 10.0 Å². The van der Waals surface area contributed by atoms with Crippen molar-refractivity contribution >= 4 is 15.9 Å². The molecule has 0 amide bonds. The number of hydrogen-bond donors (Lipinski definition) is 1. The van der Waals surface area contributed by atoms with Crippen LogP contribution in [0.15, 0.2) is 22.7 Å². The second kappa shape index (κ2) is 6.26. The summed E-state index contributed by atoms with van der Waals surface area (Å²) >= 11 is 3.39. The fourth-order valence-electron chi connectivity index (χ4n) is 1.64. The smallest absolute Gasteiger partial charge is 0.125 e. The Morgan fingerprint density at radius 2 is 2.12 bits per heavy atom. The Labute approximate surface area is 106 Å². The molecule has 1 rings (SSSR count). The van der Waals surface area contributed by atoms with E-state index in [0.29, 0.717) is 5.92 Å². The highest BCUT2D eigenvalue weighted by atomic mass is 79.9. The SMILES string of the molecule is CCC(C)CC(O)c1ccc(Br)cc1OC. The monoisotopic (exact) mass is 286 g/mol. The highest BCUT2D eigenvalue weighted by Gasteiger charge is 2.15. The van der Waals surface area contributed by atoms with Crippen LogP contribution in [0.5, 0.6) is 5.75 Å².